The molecule has 22 heavy (non-hydrogen) atoms. The fraction of sp³-hybridized carbons (Fsp3) is 0.611. The average Bonchev–Trinajstić information content (AvgIpc) is 2.53. The number of aliphatic hydroxyl groups excluding tert-OH is 1. The van der Waals surface area contributed by atoms with Gasteiger partial charge in [-0.1, -0.05) is 38.1 Å². The molecule has 0 saturated carbocycles. The maximum atomic E-state index is 12.6. The number of carbonyl (C=O) groups is 1. The Balaban J connectivity index is 2.16. The van der Waals surface area contributed by atoms with Crippen molar-refractivity contribution in [2.75, 3.05) is 19.7 Å². The van der Waals surface area contributed by atoms with Crippen molar-refractivity contribution in [2.45, 2.75) is 45.6 Å². The summed E-state index contributed by atoms with van der Waals surface area (Å²) in [5.41, 5.74) is 2.62. The molecule has 0 aromatic heterocycles. The molecule has 0 heterocycles. The molecule has 1 aliphatic rings. The van der Waals surface area contributed by atoms with E-state index in [-0.39, 0.29) is 18.7 Å². The third kappa shape index (κ3) is 4.23. The van der Waals surface area contributed by atoms with Gasteiger partial charge in [0.25, 0.3) is 0 Å². The van der Waals surface area contributed by atoms with Crippen molar-refractivity contribution in [2.24, 2.45) is 5.92 Å². The van der Waals surface area contributed by atoms with E-state index < -0.39 is 0 Å². The number of fused-ring (bicyclic) bond motifs is 1. The standard InChI is InChI=1S/C18H28N2O2/c1-14(2)13-19-18(22)20(11-6-12-21)17-10-5-8-15-7-3-4-9-16(15)17/h3-4,7,9,14,17,21H,5-6,8,10-13H2,1-2H3,(H,19,22). The molecule has 2 N–H and O–H groups in total. The highest BCUT2D eigenvalue weighted by atomic mass is 16.3. The summed E-state index contributed by atoms with van der Waals surface area (Å²) in [4.78, 5) is 14.5. The second-order valence-electron chi connectivity index (χ2n) is 6.46. The van der Waals surface area contributed by atoms with Gasteiger partial charge in [0.05, 0.1) is 6.04 Å². The van der Waals surface area contributed by atoms with E-state index in [1.807, 2.05) is 11.0 Å². The molecule has 122 valence electrons. The fourth-order valence-electron chi connectivity index (χ4n) is 3.08. The van der Waals surface area contributed by atoms with Gasteiger partial charge in [0.15, 0.2) is 0 Å². The van der Waals surface area contributed by atoms with Crippen LogP contribution in [-0.2, 0) is 6.42 Å². The van der Waals surface area contributed by atoms with Gasteiger partial charge in [0.1, 0.15) is 0 Å². The third-order valence-corrected chi connectivity index (χ3v) is 4.19. The number of nitrogens with one attached hydrogen (secondary N) is 1. The summed E-state index contributed by atoms with van der Waals surface area (Å²) < 4.78 is 0. The topological polar surface area (TPSA) is 52.6 Å². The van der Waals surface area contributed by atoms with E-state index in [4.69, 9.17) is 5.11 Å². The average molecular weight is 304 g/mol. The van der Waals surface area contributed by atoms with E-state index in [0.717, 1.165) is 19.3 Å². The van der Waals surface area contributed by atoms with E-state index in [0.29, 0.717) is 25.4 Å². The second-order valence-corrected chi connectivity index (χ2v) is 6.46. The molecule has 2 amide bonds. The molecule has 2 rings (SSSR count). The lowest BCUT2D eigenvalue weighted by Crippen LogP contribution is -2.45. The summed E-state index contributed by atoms with van der Waals surface area (Å²) in [5, 5.41) is 12.2. The maximum Gasteiger partial charge on any atom is 0.317 e. The van der Waals surface area contributed by atoms with Crippen molar-refractivity contribution in [3.8, 4) is 0 Å². The van der Waals surface area contributed by atoms with Crippen molar-refractivity contribution >= 4 is 6.03 Å². The maximum absolute atomic E-state index is 12.6. The van der Waals surface area contributed by atoms with E-state index >= 15 is 0 Å². The van der Waals surface area contributed by atoms with E-state index in [2.05, 4.69) is 37.4 Å². The summed E-state index contributed by atoms with van der Waals surface area (Å²) in [6.45, 7) is 5.58. The first-order valence-corrected chi connectivity index (χ1v) is 8.36. The Hall–Kier alpha value is -1.55. The SMILES string of the molecule is CC(C)CNC(=O)N(CCCO)C1CCCc2ccccc21. The lowest BCUT2D eigenvalue weighted by molar-refractivity contribution is 0.157. The summed E-state index contributed by atoms with van der Waals surface area (Å²) >= 11 is 0. The largest absolute Gasteiger partial charge is 0.396 e. The monoisotopic (exact) mass is 304 g/mol. The molecule has 4 heteroatoms. The third-order valence-electron chi connectivity index (χ3n) is 4.19. The molecule has 1 atom stereocenters. The summed E-state index contributed by atoms with van der Waals surface area (Å²) in [6, 6.07) is 8.54. The van der Waals surface area contributed by atoms with Crippen molar-refractivity contribution < 1.29 is 9.90 Å². The van der Waals surface area contributed by atoms with Gasteiger partial charge in [-0.3, -0.25) is 0 Å². The Labute approximate surface area is 133 Å². The summed E-state index contributed by atoms with van der Waals surface area (Å²) in [6.07, 6.45) is 3.81. The molecule has 0 aliphatic heterocycles. The molecule has 1 unspecified atom stereocenters. The minimum Gasteiger partial charge on any atom is -0.396 e. The van der Waals surface area contributed by atoms with Gasteiger partial charge in [-0.2, -0.15) is 0 Å². The Morgan fingerprint density at radius 3 is 2.91 bits per heavy atom. The van der Waals surface area contributed by atoms with Crippen molar-refractivity contribution in [3.63, 3.8) is 0 Å². The van der Waals surface area contributed by atoms with Crippen LogP contribution >= 0.6 is 0 Å². The lowest BCUT2D eigenvalue weighted by atomic mass is 9.87. The van der Waals surface area contributed by atoms with Crippen LogP contribution in [0.25, 0.3) is 0 Å². The molecule has 0 bridgehead atoms. The summed E-state index contributed by atoms with van der Waals surface area (Å²) in [7, 11) is 0. The van der Waals surface area contributed by atoms with Gasteiger partial charge in [-0.15, -0.1) is 0 Å². The zero-order chi connectivity index (χ0) is 15.9. The molecule has 4 nitrogen and oxygen atoms in total. The van der Waals surface area contributed by atoms with Gasteiger partial charge < -0.3 is 15.3 Å². The minimum absolute atomic E-state index is 0.0103. The number of urea groups is 1. The van der Waals surface area contributed by atoms with Gasteiger partial charge in [0, 0.05) is 19.7 Å². The zero-order valence-electron chi connectivity index (χ0n) is 13.7. The number of nitrogens with zero attached hydrogens (tertiary/aromatic N) is 1. The predicted molar refractivity (Wildman–Crippen MR) is 88.8 cm³/mol. The Morgan fingerprint density at radius 2 is 2.18 bits per heavy atom. The number of hydrogen-bond acceptors (Lipinski definition) is 2. The van der Waals surface area contributed by atoms with Crippen LogP contribution in [-0.4, -0.2) is 35.7 Å². The molecule has 1 aromatic rings. The Bertz CT molecular complexity index is 488. The van der Waals surface area contributed by atoms with Crippen LogP contribution in [0.1, 0.15) is 50.3 Å². The number of aliphatic hydroxyl groups is 1. The van der Waals surface area contributed by atoms with Crippen LogP contribution < -0.4 is 5.32 Å². The molecule has 1 aromatic carbocycles. The lowest BCUT2D eigenvalue weighted by Gasteiger charge is -2.36. The molecular formula is C18H28N2O2. The number of amides is 2. The first-order valence-electron chi connectivity index (χ1n) is 8.36. The molecular weight excluding hydrogens is 276 g/mol. The number of hydrogen-bond donors (Lipinski definition) is 2. The highest BCUT2D eigenvalue weighted by Crippen LogP contribution is 2.34. The molecule has 0 fully saturated rings. The first-order chi connectivity index (χ1) is 10.6. The smallest absolute Gasteiger partial charge is 0.317 e. The van der Waals surface area contributed by atoms with Crippen LogP contribution in [0.2, 0.25) is 0 Å². The normalized spacial score (nSPS) is 17.2. The van der Waals surface area contributed by atoms with E-state index in [9.17, 15) is 4.79 Å². The quantitative estimate of drug-likeness (QED) is 0.848. The van der Waals surface area contributed by atoms with Gasteiger partial charge in [-0.25, -0.2) is 4.79 Å². The molecule has 1 aliphatic carbocycles. The van der Waals surface area contributed by atoms with Gasteiger partial charge in [0.2, 0.25) is 0 Å². The molecule has 0 saturated heterocycles. The highest BCUT2D eigenvalue weighted by molar-refractivity contribution is 5.75. The van der Waals surface area contributed by atoms with E-state index in [1.54, 1.807) is 0 Å². The molecule has 0 radical (unpaired) electrons. The number of aryl methyl sites for hydroxylation is 1. The van der Waals surface area contributed by atoms with Crippen LogP contribution in [0.4, 0.5) is 4.79 Å². The Morgan fingerprint density at radius 1 is 1.41 bits per heavy atom. The number of benzene rings is 1. The van der Waals surface area contributed by atoms with Crippen LogP contribution in [0.5, 0.6) is 0 Å². The van der Waals surface area contributed by atoms with Gasteiger partial charge >= 0.3 is 6.03 Å². The van der Waals surface area contributed by atoms with Crippen molar-refractivity contribution in [1.29, 1.82) is 0 Å². The van der Waals surface area contributed by atoms with Crippen LogP contribution in [0.15, 0.2) is 24.3 Å². The van der Waals surface area contributed by atoms with Crippen LogP contribution in [0.3, 0.4) is 0 Å². The van der Waals surface area contributed by atoms with Crippen molar-refractivity contribution in [1.82, 2.24) is 10.2 Å². The number of carbonyl (C=O) groups excluding carboxylic acids is 1. The van der Waals surface area contributed by atoms with Gasteiger partial charge in [-0.05, 0) is 42.7 Å². The number of rotatable bonds is 6. The predicted octanol–water partition coefficient (Wildman–Crippen LogP) is 3.11. The highest BCUT2D eigenvalue weighted by Gasteiger charge is 2.28. The van der Waals surface area contributed by atoms with E-state index in [1.165, 1.54) is 11.1 Å². The summed E-state index contributed by atoms with van der Waals surface area (Å²) in [5.74, 6) is 0.433. The Kier molecular flexibility index (Phi) is 6.25. The van der Waals surface area contributed by atoms with Crippen LogP contribution in [0, 0.1) is 5.92 Å². The first kappa shape index (κ1) is 16.8. The van der Waals surface area contributed by atoms with Crippen molar-refractivity contribution in [3.05, 3.63) is 35.4 Å². The fourth-order valence-corrected chi connectivity index (χ4v) is 3.08. The second kappa shape index (κ2) is 8.18. The zero-order valence-corrected chi connectivity index (χ0v) is 13.7. The molecule has 0 spiro atoms. The minimum atomic E-state index is -0.0103.